The molecule has 0 aliphatic heterocycles. The first kappa shape index (κ1) is 11.1. The molecular weight excluding hydrogens is 231 g/mol. The van der Waals surface area contributed by atoms with Crippen LogP contribution in [0.3, 0.4) is 0 Å². The SMILES string of the molecule is Cn1nccc1C(O)c1ccc(Cl)c(F)c1. The molecule has 0 bridgehead atoms. The van der Waals surface area contributed by atoms with Crippen molar-refractivity contribution in [3.8, 4) is 0 Å². The highest BCUT2D eigenvalue weighted by molar-refractivity contribution is 6.30. The maximum Gasteiger partial charge on any atom is 0.142 e. The van der Waals surface area contributed by atoms with E-state index in [-0.39, 0.29) is 5.02 Å². The third kappa shape index (κ3) is 1.94. The van der Waals surface area contributed by atoms with Crippen LogP contribution < -0.4 is 0 Å². The second kappa shape index (κ2) is 4.23. The van der Waals surface area contributed by atoms with Gasteiger partial charge in [-0.3, -0.25) is 4.68 Å². The highest BCUT2D eigenvalue weighted by Gasteiger charge is 2.15. The molecule has 2 aromatic rings. The first-order valence-electron chi connectivity index (χ1n) is 4.70. The van der Waals surface area contributed by atoms with Gasteiger partial charge < -0.3 is 5.11 Å². The predicted molar refractivity (Wildman–Crippen MR) is 58.7 cm³/mol. The van der Waals surface area contributed by atoms with Gasteiger partial charge in [0.25, 0.3) is 0 Å². The van der Waals surface area contributed by atoms with Gasteiger partial charge in [-0.15, -0.1) is 0 Å². The van der Waals surface area contributed by atoms with E-state index < -0.39 is 11.9 Å². The van der Waals surface area contributed by atoms with E-state index in [0.717, 1.165) is 0 Å². The first-order valence-corrected chi connectivity index (χ1v) is 5.08. The highest BCUT2D eigenvalue weighted by atomic mass is 35.5. The maximum absolute atomic E-state index is 13.2. The monoisotopic (exact) mass is 240 g/mol. The minimum Gasteiger partial charge on any atom is -0.382 e. The zero-order valence-electron chi connectivity index (χ0n) is 8.56. The van der Waals surface area contributed by atoms with Crippen LogP contribution in [-0.4, -0.2) is 14.9 Å². The molecule has 0 aliphatic rings. The Morgan fingerprint density at radius 1 is 1.44 bits per heavy atom. The molecule has 1 aromatic carbocycles. The van der Waals surface area contributed by atoms with Crippen LogP contribution in [0.2, 0.25) is 5.02 Å². The minimum atomic E-state index is -0.903. The molecule has 1 unspecified atom stereocenters. The van der Waals surface area contributed by atoms with Gasteiger partial charge in [0.1, 0.15) is 11.9 Å². The first-order chi connectivity index (χ1) is 7.59. The highest BCUT2D eigenvalue weighted by Crippen LogP contribution is 2.24. The number of rotatable bonds is 2. The van der Waals surface area contributed by atoms with Gasteiger partial charge in [0.05, 0.1) is 10.7 Å². The number of benzene rings is 1. The Hall–Kier alpha value is -1.39. The summed E-state index contributed by atoms with van der Waals surface area (Å²) in [6, 6.07) is 5.91. The van der Waals surface area contributed by atoms with E-state index in [1.165, 1.54) is 16.8 Å². The van der Waals surface area contributed by atoms with Crippen LogP contribution in [-0.2, 0) is 7.05 Å². The number of halogens is 2. The van der Waals surface area contributed by atoms with E-state index in [1.807, 2.05) is 0 Å². The summed E-state index contributed by atoms with van der Waals surface area (Å²) in [4.78, 5) is 0. The molecule has 5 heteroatoms. The van der Waals surface area contributed by atoms with E-state index in [0.29, 0.717) is 11.3 Å². The second-order valence-electron chi connectivity index (χ2n) is 3.46. The molecule has 0 amide bonds. The number of aromatic nitrogens is 2. The van der Waals surface area contributed by atoms with Crippen molar-refractivity contribution in [1.82, 2.24) is 9.78 Å². The third-order valence-corrected chi connectivity index (χ3v) is 2.70. The molecule has 1 N–H and O–H groups in total. The van der Waals surface area contributed by atoms with Gasteiger partial charge in [-0.05, 0) is 23.8 Å². The lowest BCUT2D eigenvalue weighted by Gasteiger charge is -2.11. The van der Waals surface area contributed by atoms with Crippen molar-refractivity contribution in [2.45, 2.75) is 6.10 Å². The van der Waals surface area contributed by atoms with E-state index >= 15 is 0 Å². The van der Waals surface area contributed by atoms with Crippen LogP contribution in [0.5, 0.6) is 0 Å². The molecule has 1 heterocycles. The summed E-state index contributed by atoms with van der Waals surface area (Å²) in [5.74, 6) is -0.541. The fourth-order valence-electron chi connectivity index (χ4n) is 1.51. The fraction of sp³-hybridized carbons (Fsp3) is 0.182. The van der Waals surface area contributed by atoms with Gasteiger partial charge in [0.2, 0.25) is 0 Å². The van der Waals surface area contributed by atoms with Crippen molar-refractivity contribution in [2.24, 2.45) is 7.05 Å². The molecule has 2 rings (SSSR count). The lowest BCUT2D eigenvalue weighted by Crippen LogP contribution is -2.06. The number of nitrogens with zero attached hydrogens (tertiary/aromatic N) is 2. The van der Waals surface area contributed by atoms with E-state index in [9.17, 15) is 9.50 Å². The van der Waals surface area contributed by atoms with Crippen molar-refractivity contribution >= 4 is 11.6 Å². The summed E-state index contributed by atoms with van der Waals surface area (Å²) >= 11 is 5.57. The number of aryl methyl sites for hydroxylation is 1. The van der Waals surface area contributed by atoms with Crippen molar-refractivity contribution in [2.75, 3.05) is 0 Å². The summed E-state index contributed by atoms with van der Waals surface area (Å²) in [5, 5.41) is 14.0. The van der Waals surface area contributed by atoms with Crippen molar-refractivity contribution < 1.29 is 9.50 Å². The molecule has 3 nitrogen and oxygen atoms in total. The van der Waals surface area contributed by atoms with Crippen LogP contribution in [0.1, 0.15) is 17.4 Å². The Kier molecular flexibility index (Phi) is 2.94. The smallest absolute Gasteiger partial charge is 0.142 e. The normalized spacial score (nSPS) is 12.8. The van der Waals surface area contributed by atoms with E-state index in [1.54, 1.807) is 25.4 Å². The number of aliphatic hydroxyl groups is 1. The van der Waals surface area contributed by atoms with Crippen LogP contribution in [0.25, 0.3) is 0 Å². The van der Waals surface area contributed by atoms with Crippen molar-refractivity contribution in [3.05, 3.63) is 52.6 Å². The number of hydrogen-bond donors (Lipinski definition) is 1. The Bertz CT molecular complexity index is 512. The summed E-state index contributed by atoms with van der Waals surface area (Å²) in [5.41, 5.74) is 1.05. The van der Waals surface area contributed by atoms with E-state index in [2.05, 4.69) is 5.10 Å². The fourth-order valence-corrected chi connectivity index (χ4v) is 1.62. The Balaban J connectivity index is 2.38. The minimum absolute atomic E-state index is 0.0426. The van der Waals surface area contributed by atoms with Gasteiger partial charge >= 0.3 is 0 Å². The molecule has 16 heavy (non-hydrogen) atoms. The lowest BCUT2D eigenvalue weighted by atomic mass is 10.1. The van der Waals surface area contributed by atoms with Gasteiger partial charge in [-0.2, -0.15) is 5.10 Å². The second-order valence-corrected chi connectivity index (χ2v) is 3.86. The quantitative estimate of drug-likeness (QED) is 0.875. The Morgan fingerprint density at radius 2 is 2.19 bits per heavy atom. The molecule has 0 saturated heterocycles. The largest absolute Gasteiger partial charge is 0.382 e. The molecule has 1 aromatic heterocycles. The zero-order chi connectivity index (χ0) is 11.7. The lowest BCUT2D eigenvalue weighted by molar-refractivity contribution is 0.209. The van der Waals surface area contributed by atoms with Crippen molar-refractivity contribution in [3.63, 3.8) is 0 Å². The topological polar surface area (TPSA) is 38.0 Å². The average Bonchev–Trinajstić information content (AvgIpc) is 2.67. The molecule has 0 aliphatic carbocycles. The van der Waals surface area contributed by atoms with Gasteiger partial charge in [-0.25, -0.2) is 4.39 Å². The molecule has 0 spiro atoms. The number of aliphatic hydroxyl groups excluding tert-OH is 1. The van der Waals surface area contributed by atoms with Crippen LogP contribution in [0.15, 0.2) is 30.5 Å². The molecule has 0 fully saturated rings. The molecule has 0 saturated carbocycles. The van der Waals surface area contributed by atoms with Crippen LogP contribution in [0.4, 0.5) is 4.39 Å². The van der Waals surface area contributed by atoms with Crippen LogP contribution in [0, 0.1) is 5.82 Å². The van der Waals surface area contributed by atoms with Crippen LogP contribution >= 0.6 is 11.6 Å². The van der Waals surface area contributed by atoms with Gasteiger partial charge in [0.15, 0.2) is 0 Å². The zero-order valence-corrected chi connectivity index (χ0v) is 9.32. The molecule has 0 radical (unpaired) electrons. The summed E-state index contributed by atoms with van der Waals surface area (Å²) in [7, 11) is 1.71. The van der Waals surface area contributed by atoms with Crippen molar-refractivity contribution in [1.29, 1.82) is 0 Å². The Morgan fingerprint density at radius 3 is 2.75 bits per heavy atom. The van der Waals surface area contributed by atoms with Gasteiger partial charge in [0, 0.05) is 13.2 Å². The third-order valence-electron chi connectivity index (χ3n) is 2.40. The number of hydrogen-bond acceptors (Lipinski definition) is 2. The standard InChI is InChI=1S/C11H10ClFN2O/c1-15-10(4-5-14-15)11(16)7-2-3-8(12)9(13)6-7/h2-6,11,16H,1H3. The molecular formula is C11H10ClFN2O. The van der Waals surface area contributed by atoms with Gasteiger partial charge in [-0.1, -0.05) is 17.7 Å². The summed E-state index contributed by atoms with van der Waals surface area (Å²) in [6.45, 7) is 0. The average molecular weight is 241 g/mol. The van der Waals surface area contributed by atoms with E-state index in [4.69, 9.17) is 11.6 Å². The summed E-state index contributed by atoms with van der Waals surface area (Å²) < 4.78 is 14.8. The maximum atomic E-state index is 13.2. The summed E-state index contributed by atoms with van der Waals surface area (Å²) in [6.07, 6.45) is 0.671. The Labute approximate surface area is 97.1 Å². The molecule has 84 valence electrons. The predicted octanol–water partition coefficient (Wildman–Crippen LogP) is 2.29. The molecule has 1 atom stereocenters.